The summed E-state index contributed by atoms with van der Waals surface area (Å²) in [4.78, 5) is 0. The molecule has 1 heterocycles. The summed E-state index contributed by atoms with van der Waals surface area (Å²) in [5.74, 6) is 0.593. The Labute approximate surface area is 73.9 Å². The van der Waals surface area contributed by atoms with Crippen LogP contribution in [0.2, 0.25) is 0 Å². The van der Waals surface area contributed by atoms with Crippen LogP contribution in [0.25, 0.3) is 0 Å². The number of hydrogen-bond acceptors (Lipinski definition) is 3. The molecule has 1 rings (SSSR count). The van der Waals surface area contributed by atoms with Crippen molar-refractivity contribution >= 4 is 6.21 Å². The lowest BCUT2D eigenvalue weighted by molar-refractivity contribution is 0.405. The number of nitrogens with zero attached hydrogens (tertiary/aromatic N) is 1. The summed E-state index contributed by atoms with van der Waals surface area (Å²) in [7, 11) is 0. The molecule has 0 atom stereocenters. The molecular formula is C9H17N3. The maximum atomic E-state index is 3.96. The summed E-state index contributed by atoms with van der Waals surface area (Å²) in [6, 6.07) is 0. The maximum Gasteiger partial charge on any atom is 0.0296 e. The van der Waals surface area contributed by atoms with E-state index >= 15 is 0 Å². The van der Waals surface area contributed by atoms with Gasteiger partial charge in [-0.2, -0.15) is 5.10 Å². The molecule has 0 aliphatic carbocycles. The van der Waals surface area contributed by atoms with Crippen LogP contribution in [0, 0.1) is 5.92 Å². The minimum atomic E-state index is 0.593. The summed E-state index contributed by atoms with van der Waals surface area (Å²) < 4.78 is 0. The Bertz CT molecular complexity index is 169. The standard InChI is InChI=1S/C9H17N3/c1-3-11-12-8(2)9-4-6-10-7-5-9/h3,9-10,12H,2,4-7H2,1H3/b11-3-. The van der Waals surface area contributed by atoms with Gasteiger partial charge in [-0.05, 0) is 32.9 Å². The van der Waals surface area contributed by atoms with Gasteiger partial charge in [0, 0.05) is 17.8 Å². The molecule has 3 nitrogen and oxygen atoms in total. The molecule has 1 saturated heterocycles. The highest BCUT2D eigenvalue weighted by Crippen LogP contribution is 2.17. The van der Waals surface area contributed by atoms with E-state index < -0.39 is 0 Å². The normalized spacial score (nSPS) is 19.8. The van der Waals surface area contributed by atoms with E-state index in [0.717, 1.165) is 18.8 Å². The third-order valence-electron chi connectivity index (χ3n) is 2.17. The Morgan fingerprint density at radius 3 is 2.83 bits per heavy atom. The molecule has 0 saturated carbocycles. The van der Waals surface area contributed by atoms with Crippen molar-refractivity contribution in [2.24, 2.45) is 11.0 Å². The van der Waals surface area contributed by atoms with E-state index in [9.17, 15) is 0 Å². The van der Waals surface area contributed by atoms with Gasteiger partial charge in [0.15, 0.2) is 0 Å². The molecule has 2 N–H and O–H groups in total. The quantitative estimate of drug-likeness (QED) is 0.487. The molecule has 68 valence electrons. The van der Waals surface area contributed by atoms with Gasteiger partial charge < -0.3 is 5.32 Å². The second-order valence-corrected chi connectivity index (χ2v) is 3.05. The highest BCUT2D eigenvalue weighted by molar-refractivity contribution is 5.52. The minimum absolute atomic E-state index is 0.593. The lowest BCUT2D eigenvalue weighted by atomic mass is 9.96. The van der Waals surface area contributed by atoms with Crippen molar-refractivity contribution in [3.63, 3.8) is 0 Å². The molecular weight excluding hydrogens is 150 g/mol. The Morgan fingerprint density at radius 1 is 1.58 bits per heavy atom. The first-order chi connectivity index (χ1) is 5.84. The zero-order valence-electron chi connectivity index (χ0n) is 7.64. The van der Waals surface area contributed by atoms with Crippen LogP contribution in [-0.2, 0) is 0 Å². The molecule has 0 amide bonds. The SMILES string of the molecule is C=C(N/N=C\C)C1CCNCC1. The van der Waals surface area contributed by atoms with Crippen molar-refractivity contribution in [3.8, 4) is 0 Å². The Balaban J connectivity index is 2.29. The fourth-order valence-corrected chi connectivity index (χ4v) is 1.41. The van der Waals surface area contributed by atoms with Gasteiger partial charge in [-0.25, -0.2) is 0 Å². The van der Waals surface area contributed by atoms with Gasteiger partial charge in [0.1, 0.15) is 0 Å². The molecule has 0 spiro atoms. The zero-order valence-corrected chi connectivity index (χ0v) is 7.64. The van der Waals surface area contributed by atoms with E-state index in [4.69, 9.17) is 0 Å². The van der Waals surface area contributed by atoms with Gasteiger partial charge in [0.05, 0.1) is 0 Å². The van der Waals surface area contributed by atoms with E-state index in [2.05, 4.69) is 22.4 Å². The molecule has 0 aromatic rings. The van der Waals surface area contributed by atoms with Crippen molar-refractivity contribution in [3.05, 3.63) is 12.3 Å². The van der Waals surface area contributed by atoms with Gasteiger partial charge in [-0.1, -0.05) is 6.58 Å². The summed E-state index contributed by atoms with van der Waals surface area (Å²) in [5, 5.41) is 7.27. The van der Waals surface area contributed by atoms with E-state index in [-0.39, 0.29) is 0 Å². The minimum Gasteiger partial charge on any atom is -0.317 e. The van der Waals surface area contributed by atoms with Crippen molar-refractivity contribution < 1.29 is 0 Å². The molecule has 0 radical (unpaired) electrons. The Morgan fingerprint density at radius 2 is 2.25 bits per heavy atom. The van der Waals surface area contributed by atoms with E-state index in [1.54, 1.807) is 6.21 Å². The summed E-state index contributed by atoms with van der Waals surface area (Å²) in [5.41, 5.74) is 4.00. The Hall–Kier alpha value is -0.830. The van der Waals surface area contributed by atoms with E-state index in [0.29, 0.717) is 5.92 Å². The first-order valence-corrected chi connectivity index (χ1v) is 4.47. The van der Waals surface area contributed by atoms with E-state index in [1.165, 1.54) is 12.8 Å². The lowest BCUT2D eigenvalue weighted by Crippen LogP contribution is -2.30. The fourth-order valence-electron chi connectivity index (χ4n) is 1.41. The van der Waals surface area contributed by atoms with E-state index in [1.807, 2.05) is 6.92 Å². The number of allylic oxidation sites excluding steroid dienone is 1. The number of rotatable bonds is 3. The third kappa shape index (κ3) is 2.66. The molecule has 0 bridgehead atoms. The van der Waals surface area contributed by atoms with Crippen LogP contribution in [0.15, 0.2) is 17.4 Å². The lowest BCUT2D eigenvalue weighted by Gasteiger charge is -2.23. The molecule has 1 aliphatic heterocycles. The van der Waals surface area contributed by atoms with Gasteiger partial charge >= 0.3 is 0 Å². The summed E-state index contributed by atoms with van der Waals surface area (Å²) >= 11 is 0. The van der Waals surface area contributed by atoms with Crippen molar-refractivity contribution in [2.75, 3.05) is 13.1 Å². The van der Waals surface area contributed by atoms with Gasteiger partial charge in [-0.3, -0.25) is 5.43 Å². The van der Waals surface area contributed by atoms with Crippen LogP contribution in [0.1, 0.15) is 19.8 Å². The largest absolute Gasteiger partial charge is 0.317 e. The Kier molecular flexibility index (Phi) is 3.80. The molecule has 0 aromatic heterocycles. The summed E-state index contributed by atoms with van der Waals surface area (Å²) in [6.45, 7) is 8.05. The predicted octanol–water partition coefficient (Wildman–Crippen LogP) is 1.09. The van der Waals surface area contributed by atoms with Gasteiger partial charge in [-0.15, -0.1) is 0 Å². The van der Waals surface area contributed by atoms with Gasteiger partial charge in [0.2, 0.25) is 0 Å². The first kappa shape index (κ1) is 9.26. The van der Waals surface area contributed by atoms with Crippen LogP contribution in [0.5, 0.6) is 0 Å². The molecule has 12 heavy (non-hydrogen) atoms. The molecule has 3 heteroatoms. The predicted molar refractivity (Wildman–Crippen MR) is 52.0 cm³/mol. The topological polar surface area (TPSA) is 36.4 Å². The molecule has 0 aromatic carbocycles. The molecule has 1 aliphatic rings. The number of piperidine rings is 1. The monoisotopic (exact) mass is 167 g/mol. The van der Waals surface area contributed by atoms with Crippen LogP contribution in [-0.4, -0.2) is 19.3 Å². The number of hydrogen-bond donors (Lipinski definition) is 2. The highest BCUT2D eigenvalue weighted by Gasteiger charge is 2.15. The zero-order chi connectivity index (χ0) is 8.81. The van der Waals surface area contributed by atoms with Crippen molar-refractivity contribution in [2.45, 2.75) is 19.8 Å². The molecule has 0 unspecified atom stereocenters. The van der Waals surface area contributed by atoms with Crippen LogP contribution in [0.3, 0.4) is 0 Å². The number of hydrazone groups is 1. The van der Waals surface area contributed by atoms with Crippen LogP contribution >= 0.6 is 0 Å². The first-order valence-electron chi connectivity index (χ1n) is 4.47. The smallest absolute Gasteiger partial charge is 0.0296 e. The van der Waals surface area contributed by atoms with Crippen molar-refractivity contribution in [1.29, 1.82) is 0 Å². The molecule has 1 fully saturated rings. The number of nitrogens with one attached hydrogen (secondary N) is 2. The summed E-state index contributed by atoms with van der Waals surface area (Å²) in [6.07, 6.45) is 4.09. The second kappa shape index (κ2) is 4.93. The van der Waals surface area contributed by atoms with Gasteiger partial charge in [0.25, 0.3) is 0 Å². The highest BCUT2D eigenvalue weighted by atomic mass is 15.3. The second-order valence-electron chi connectivity index (χ2n) is 3.05. The average molecular weight is 167 g/mol. The third-order valence-corrected chi connectivity index (χ3v) is 2.17. The fraction of sp³-hybridized carbons (Fsp3) is 0.667. The maximum absolute atomic E-state index is 3.96. The average Bonchev–Trinajstić information content (AvgIpc) is 2.15. The van der Waals surface area contributed by atoms with Crippen molar-refractivity contribution in [1.82, 2.24) is 10.7 Å². The van der Waals surface area contributed by atoms with Crippen LogP contribution in [0.4, 0.5) is 0 Å². The van der Waals surface area contributed by atoms with Crippen LogP contribution < -0.4 is 10.7 Å².